The standard InChI is InChI=1S/C11H15ClN2O3/c1-7(11(16-2)17-3)14-10(15)8-5-4-6-13-9(8)12/h4-7,11H,1-3H3,(H,14,15). The molecule has 6 heteroatoms. The monoisotopic (exact) mass is 258 g/mol. The van der Waals surface area contributed by atoms with Crippen molar-refractivity contribution < 1.29 is 14.3 Å². The number of pyridine rings is 1. The molecule has 0 saturated heterocycles. The summed E-state index contributed by atoms with van der Waals surface area (Å²) in [5.74, 6) is -0.310. The molecule has 1 aromatic heterocycles. The first-order valence-electron chi connectivity index (χ1n) is 5.07. The maximum absolute atomic E-state index is 11.9. The summed E-state index contributed by atoms with van der Waals surface area (Å²) in [6.45, 7) is 1.78. The first-order chi connectivity index (χ1) is 8.10. The van der Waals surface area contributed by atoms with Crippen LogP contribution in [-0.4, -0.2) is 37.4 Å². The number of carbonyl (C=O) groups excluding carboxylic acids is 1. The number of nitrogens with one attached hydrogen (secondary N) is 1. The van der Waals surface area contributed by atoms with Crippen molar-refractivity contribution in [3.8, 4) is 0 Å². The van der Waals surface area contributed by atoms with Crippen LogP contribution in [0, 0.1) is 0 Å². The van der Waals surface area contributed by atoms with Crippen LogP contribution in [0.2, 0.25) is 5.15 Å². The smallest absolute Gasteiger partial charge is 0.254 e. The van der Waals surface area contributed by atoms with Crippen LogP contribution >= 0.6 is 11.6 Å². The maximum Gasteiger partial charge on any atom is 0.254 e. The molecule has 0 fully saturated rings. The summed E-state index contributed by atoms with van der Waals surface area (Å²) in [6, 6.07) is 2.95. The van der Waals surface area contributed by atoms with E-state index in [-0.39, 0.29) is 17.1 Å². The molecular formula is C11H15ClN2O3. The van der Waals surface area contributed by atoms with E-state index in [1.807, 2.05) is 0 Å². The molecule has 0 radical (unpaired) electrons. The third-order valence-electron chi connectivity index (χ3n) is 2.24. The third-order valence-corrected chi connectivity index (χ3v) is 2.54. The Hall–Kier alpha value is -1.17. The van der Waals surface area contributed by atoms with Crippen LogP contribution < -0.4 is 5.32 Å². The highest BCUT2D eigenvalue weighted by atomic mass is 35.5. The molecule has 0 bridgehead atoms. The topological polar surface area (TPSA) is 60.5 Å². The minimum Gasteiger partial charge on any atom is -0.354 e. The zero-order chi connectivity index (χ0) is 12.8. The Morgan fingerprint density at radius 3 is 2.65 bits per heavy atom. The van der Waals surface area contributed by atoms with Crippen LogP contribution in [0.15, 0.2) is 18.3 Å². The average Bonchev–Trinajstić information content (AvgIpc) is 2.31. The quantitative estimate of drug-likeness (QED) is 0.642. The van der Waals surface area contributed by atoms with Gasteiger partial charge in [0.2, 0.25) is 0 Å². The van der Waals surface area contributed by atoms with Gasteiger partial charge in [0.15, 0.2) is 6.29 Å². The molecule has 1 heterocycles. The van der Waals surface area contributed by atoms with Crippen molar-refractivity contribution in [3.05, 3.63) is 29.0 Å². The summed E-state index contributed by atoms with van der Waals surface area (Å²) in [5, 5.41) is 2.90. The number of methoxy groups -OCH3 is 2. The number of nitrogens with zero attached hydrogens (tertiary/aromatic N) is 1. The van der Waals surface area contributed by atoms with Crippen LogP contribution in [0.25, 0.3) is 0 Å². The van der Waals surface area contributed by atoms with Crippen LogP contribution in [0.3, 0.4) is 0 Å². The van der Waals surface area contributed by atoms with E-state index in [0.29, 0.717) is 5.56 Å². The Morgan fingerprint density at radius 2 is 2.12 bits per heavy atom. The summed E-state index contributed by atoms with van der Waals surface area (Å²) in [6.07, 6.45) is 1.02. The molecule has 1 atom stereocenters. The lowest BCUT2D eigenvalue weighted by atomic mass is 10.2. The Labute approximate surface area is 105 Å². The highest BCUT2D eigenvalue weighted by Crippen LogP contribution is 2.11. The van der Waals surface area contributed by atoms with Gasteiger partial charge in [-0.15, -0.1) is 0 Å². The van der Waals surface area contributed by atoms with Gasteiger partial charge >= 0.3 is 0 Å². The summed E-state index contributed by atoms with van der Waals surface area (Å²) in [7, 11) is 3.02. The second kappa shape index (κ2) is 6.54. The molecule has 17 heavy (non-hydrogen) atoms. The van der Waals surface area contributed by atoms with Crippen molar-refractivity contribution in [3.63, 3.8) is 0 Å². The van der Waals surface area contributed by atoms with E-state index in [9.17, 15) is 4.79 Å². The Kier molecular flexibility index (Phi) is 5.34. The Balaban J connectivity index is 2.70. The van der Waals surface area contributed by atoms with Crippen molar-refractivity contribution >= 4 is 17.5 Å². The predicted molar refractivity (Wildman–Crippen MR) is 64.0 cm³/mol. The van der Waals surface area contributed by atoms with E-state index >= 15 is 0 Å². The fraction of sp³-hybridized carbons (Fsp3) is 0.455. The van der Waals surface area contributed by atoms with Crippen molar-refractivity contribution in [2.24, 2.45) is 0 Å². The van der Waals surface area contributed by atoms with Gasteiger partial charge in [0.1, 0.15) is 5.15 Å². The number of aromatic nitrogens is 1. The molecule has 1 unspecified atom stereocenters. The van der Waals surface area contributed by atoms with E-state index in [0.717, 1.165) is 0 Å². The molecule has 1 amide bonds. The second-order valence-electron chi connectivity index (χ2n) is 3.44. The summed E-state index contributed by atoms with van der Waals surface area (Å²) in [5.41, 5.74) is 0.326. The number of hydrogen-bond donors (Lipinski definition) is 1. The fourth-order valence-electron chi connectivity index (χ4n) is 1.41. The summed E-state index contributed by atoms with van der Waals surface area (Å²) >= 11 is 5.82. The van der Waals surface area contributed by atoms with E-state index in [1.54, 1.807) is 19.1 Å². The predicted octanol–water partition coefficient (Wildman–Crippen LogP) is 1.47. The second-order valence-corrected chi connectivity index (χ2v) is 3.80. The number of ether oxygens (including phenoxy) is 2. The van der Waals surface area contributed by atoms with E-state index < -0.39 is 6.29 Å². The zero-order valence-electron chi connectivity index (χ0n) is 9.94. The highest BCUT2D eigenvalue weighted by molar-refractivity contribution is 6.32. The van der Waals surface area contributed by atoms with Gasteiger partial charge in [-0.2, -0.15) is 0 Å². The number of carbonyl (C=O) groups is 1. The number of hydrogen-bond acceptors (Lipinski definition) is 4. The lowest BCUT2D eigenvalue weighted by molar-refractivity contribution is -0.117. The molecule has 1 rings (SSSR count). The Bertz CT molecular complexity index is 383. The molecule has 0 aliphatic heterocycles. The largest absolute Gasteiger partial charge is 0.354 e. The minimum absolute atomic E-state index is 0.170. The Morgan fingerprint density at radius 1 is 1.47 bits per heavy atom. The van der Waals surface area contributed by atoms with E-state index in [4.69, 9.17) is 21.1 Å². The van der Waals surface area contributed by atoms with Gasteiger partial charge < -0.3 is 14.8 Å². The van der Waals surface area contributed by atoms with Gasteiger partial charge in [0.05, 0.1) is 11.6 Å². The lowest BCUT2D eigenvalue weighted by Crippen LogP contribution is -2.43. The van der Waals surface area contributed by atoms with E-state index in [1.165, 1.54) is 20.4 Å². The molecule has 0 saturated carbocycles. The zero-order valence-corrected chi connectivity index (χ0v) is 10.7. The summed E-state index contributed by atoms with van der Waals surface area (Å²) in [4.78, 5) is 15.7. The van der Waals surface area contributed by atoms with Gasteiger partial charge in [-0.25, -0.2) is 4.98 Å². The van der Waals surface area contributed by atoms with Gasteiger partial charge in [-0.3, -0.25) is 4.79 Å². The van der Waals surface area contributed by atoms with Crippen molar-refractivity contribution in [1.82, 2.24) is 10.3 Å². The van der Waals surface area contributed by atoms with Crippen molar-refractivity contribution in [1.29, 1.82) is 0 Å². The molecule has 94 valence electrons. The minimum atomic E-state index is -0.505. The van der Waals surface area contributed by atoms with Crippen LogP contribution in [0.4, 0.5) is 0 Å². The molecule has 1 N–H and O–H groups in total. The first-order valence-corrected chi connectivity index (χ1v) is 5.45. The van der Waals surface area contributed by atoms with Crippen molar-refractivity contribution in [2.45, 2.75) is 19.3 Å². The van der Waals surface area contributed by atoms with Gasteiger partial charge in [0.25, 0.3) is 5.91 Å². The molecule has 0 aliphatic carbocycles. The number of amides is 1. The maximum atomic E-state index is 11.9. The average molecular weight is 259 g/mol. The first kappa shape index (κ1) is 13.9. The van der Waals surface area contributed by atoms with Gasteiger partial charge in [-0.1, -0.05) is 11.6 Å². The van der Waals surface area contributed by atoms with Crippen LogP contribution in [0.1, 0.15) is 17.3 Å². The highest BCUT2D eigenvalue weighted by Gasteiger charge is 2.20. The van der Waals surface area contributed by atoms with Gasteiger partial charge in [0, 0.05) is 20.4 Å². The van der Waals surface area contributed by atoms with Gasteiger partial charge in [-0.05, 0) is 19.1 Å². The number of halogens is 1. The fourth-order valence-corrected chi connectivity index (χ4v) is 1.62. The molecule has 0 aromatic carbocycles. The normalized spacial score (nSPS) is 12.5. The SMILES string of the molecule is COC(OC)C(C)NC(=O)c1cccnc1Cl. The molecule has 0 aliphatic rings. The molecule has 5 nitrogen and oxygen atoms in total. The molecule has 0 spiro atoms. The van der Waals surface area contributed by atoms with Crippen LogP contribution in [-0.2, 0) is 9.47 Å². The van der Waals surface area contributed by atoms with Crippen LogP contribution in [0.5, 0.6) is 0 Å². The molecular weight excluding hydrogens is 244 g/mol. The molecule has 1 aromatic rings. The van der Waals surface area contributed by atoms with Crippen molar-refractivity contribution in [2.75, 3.05) is 14.2 Å². The number of rotatable bonds is 5. The lowest BCUT2D eigenvalue weighted by Gasteiger charge is -2.22. The third kappa shape index (κ3) is 3.66. The van der Waals surface area contributed by atoms with E-state index in [2.05, 4.69) is 10.3 Å². The summed E-state index contributed by atoms with van der Waals surface area (Å²) < 4.78 is 10.1.